The molecule has 4 aromatic rings. The van der Waals surface area contributed by atoms with Crippen LogP contribution in [-0.4, -0.2) is 9.97 Å². The molecule has 0 unspecified atom stereocenters. The van der Waals surface area contributed by atoms with Gasteiger partial charge in [0.25, 0.3) is 5.56 Å². The van der Waals surface area contributed by atoms with Crippen molar-refractivity contribution in [1.29, 1.82) is 0 Å². The minimum absolute atomic E-state index is 0.0119. The normalized spacial score (nSPS) is 12.2. The number of hydrogen-bond acceptors (Lipinski definition) is 3. The third-order valence-electron chi connectivity index (χ3n) is 4.73. The molecule has 0 spiro atoms. The summed E-state index contributed by atoms with van der Waals surface area (Å²) in [7, 11) is 0. The SMILES string of the molecule is Cc1ccc([C@@H](NCc2nc3cc(Cl)ccc3c(=O)[nH]2)c2ccccc2)cc1. The van der Waals surface area contributed by atoms with Gasteiger partial charge in [-0.15, -0.1) is 0 Å². The van der Waals surface area contributed by atoms with Crippen molar-refractivity contribution in [2.24, 2.45) is 0 Å². The van der Waals surface area contributed by atoms with Gasteiger partial charge in [0.15, 0.2) is 0 Å². The lowest BCUT2D eigenvalue weighted by Crippen LogP contribution is -2.25. The number of aromatic nitrogens is 2. The standard InChI is InChI=1S/C23H20ClN3O/c1-15-7-9-17(10-8-15)22(16-5-3-2-4-6-16)25-14-21-26-20-13-18(24)11-12-19(20)23(28)27-21/h2-13,22,25H,14H2,1H3,(H,26,27,28)/t22-/m0/s1. The number of nitrogens with zero attached hydrogens (tertiary/aromatic N) is 1. The molecule has 3 aromatic carbocycles. The first kappa shape index (κ1) is 18.4. The first-order valence-corrected chi connectivity index (χ1v) is 9.51. The molecular formula is C23H20ClN3O. The number of rotatable bonds is 5. The summed E-state index contributed by atoms with van der Waals surface area (Å²) in [5.74, 6) is 0.577. The number of hydrogen-bond donors (Lipinski definition) is 2. The second-order valence-electron chi connectivity index (χ2n) is 6.81. The van der Waals surface area contributed by atoms with Crippen molar-refractivity contribution in [3.8, 4) is 0 Å². The van der Waals surface area contributed by atoms with Crippen molar-refractivity contribution in [3.63, 3.8) is 0 Å². The largest absolute Gasteiger partial charge is 0.309 e. The van der Waals surface area contributed by atoms with E-state index in [-0.39, 0.29) is 11.6 Å². The molecule has 1 aromatic heterocycles. The maximum absolute atomic E-state index is 12.4. The lowest BCUT2D eigenvalue weighted by atomic mass is 9.98. The van der Waals surface area contributed by atoms with Gasteiger partial charge in [0.05, 0.1) is 23.5 Å². The van der Waals surface area contributed by atoms with E-state index in [0.717, 1.165) is 11.1 Å². The summed E-state index contributed by atoms with van der Waals surface area (Å²) in [5, 5.41) is 4.62. The Morgan fingerprint density at radius 1 is 1.00 bits per heavy atom. The van der Waals surface area contributed by atoms with Crippen LogP contribution >= 0.6 is 11.6 Å². The van der Waals surface area contributed by atoms with Crippen LogP contribution in [0.15, 0.2) is 77.6 Å². The zero-order chi connectivity index (χ0) is 19.5. The fourth-order valence-corrected chi connectivity index (χ4v) is 3.44. The van der Waals surface area contributed by atoms with Gasteiger partial charge in [0, 0.05) is 5.02 Å². The highest BCUT2D eigenvalue weighted by Gasteiger charge is 2.14. The highest BCUT2D eigenvalue weighted by atomic mass is 35.5. The van der Waals surface area contributed by atoms with Gasteiger partial charge in [-0.05, 0) is 36.2 Å². The fourth-order valence-electron chi connectivity index (χ4n) is 3.28. The summed E-state index contributed by atoms with van der Waals surface area (Å²) in [6.07, 6.45) is 0. The Morgan fingerprint density at radius 2 is 1.71 bits per heavy atom. The molecule has 5 heteroatoms. The van der Waals surface area contributed by atoms with Crippen LogP contribution in [0.2, 0.25) is 5.02 Å². The molecule has 28 heavy (non-hydrogen) atoms. The van der Waals surface area contributed by atoms with Crippen molar-refractivity contribution >= 4 is 22.5 Å². The maximum atomic E-state index is 12.4. The van der Waals surface area contributed by atoms with E-state index in [9.17, 15) is 4.79 Å². The predicted molar refractivity (Wildman–Crippen MR) is 114 cm³/mol. The highest BCUT2D eigenvalue weighted by Crippen LogP contribution is 2.23. The molecule has 0 saturated heterocycles. The summed E-state index contributed by atoms with van der Waals surface area (Å²) in [5.41, 5.74) is 3.96. The lowest BCUT2D eigenvalue weighted by Gasteiger charge is -2.20. The maximum Gasteiger partial charge on any atom is 0.258 e. The van der Waals surface area contributed by atoms with Gasteiger partial charge >= 0.3 is 0 Å². The quantitative estimate of drug-likeness (QED) is 0.517. The zero-order valence-corrected chi connectivity index (χ0v) is 16.2. The Labute approximate surface area is 168 Å². The smallest absolute Gasteiger partial charge is 0.258 e. The van der Waals surface area contributed by atoms with Crippen molar-refractivity contribution in [2.75, 3.05) is 0 Å². The van der Waals surface area contributed by atoms with E-state index < -0.39 is 0 Å². The van der Waals surface area contributed by atoms with Crippen LogP contribution in [0.4, 0.5) is 0 Å². The van der Waals surface area contributed by atoms with Crippen molar-refractivity contribution in [1.82, 2.24) is 15.3 Å². The zero-order valence-electron chi connectivity index (χ0n) is 15.4. The lowest BCUT2D eigenvalue weighted by molar-refractivity contribution is 0.587. The fraction of sp³-hybridized carbons (Fsp3) is 0.130. The average molecular weight is 390 g/mol. The Morgan fingerprint density at radius 3 is 2.46 bits per heavy atom. The molecule has 0 bridgehead atoms. The van der Waals surface area contributed by atoms with Crippen LogP contribution in [0, 0.1) is 6.92 Å². The first-order valence-electron chi connectivity index (χ1n) is 9.13. The molecule has 0 amide bonds. The second kappa shape index (κ2) is 7.97. The highest BCUT2D eigenvalue weighted by molar-refractivity contribution is 6.31. The van der Waals surface area contributed by atoms with Gasteiger partial charge in [-0.1, -0.05) is 71.8 Å². The number of aryl methyl sites for hydroxylation is 1. The Bertz CT molecular complexity index is 1150. The minimum Gasteiger partial charge on any atom is -0.309 e. The molecule has 0 radical (unpaired) electrons. The summed E-state index contributed by atoms with van der Waals surface area (Å²) in [6, 6.07) is 23.8. The van der Waals surface area contributed by atoms with Crippen LogP contribution in [-0.2, 0) is 6.54 Å². The summed E-state index contributed by atoms with van der Waals surface area (Å²) in [6.45, 7) is 2.49. The van der Waals surface area contributed by atoms with Crippen molar-refractivity contribution in [2.45, 2.75) is 19.5 Å². The molecule has 1 heterocycles. The van der Waals surface area contributed by atoms with Gasteiger partial charge in [-0.3, -0.25) is 10.1 Å². The molecule has 0 aliphatic rings. The van der Waals surface area contributed by atoms with Crippen LogP contribution in [0.1, 0.15) is 28.6 Å². The number of aromatic amines is 1. The molecule has 2 N–H and O–H groups in total. The molecule has 0 fully saturated rings. The molecule has 4 rings (SSSR count). The van der Waals surface area contributed by atoms with E-state index in [1.54, 1.807) is 18.2 Å². The third kappa shape index (κ3) is 3.98. The Kier molecular flexibility index (Phi) is 5.24. The van der Waals surface area contributed by atoms with E-state index in [1.807, 2.05) is 18.2 Å². The number of fused-ring (bicyclic) bond motifs is 1. The Hall–Kier alpha value is -2.95. The molecule has 140 valence electrons. The molecule has 0 aliphatic carbocycles. The van der Waals surface area contributed by atoms with E-state index >= 15 is 0 Å². The number of halogens is 1. The van der Waals surface area contributed by atoms with Crippen molar-refractivity contribution < 1.29 is 0 Å². The van der Waals surface area contributed by atoms with Crippen LogP contribution in [0.5, 0.6) is 0 Å². The van der Waals surface area contributed by atoms with E-state index in [1.165, 1.54) is 5.56 Å². The van der Waals surface area contributed by atoms with Crippen LogP contribution in [0.3, 0.4) is 0 Å². The number of benzene rings is 3. The van der Waals surface area contributed by atoms with Gasteiger partial charge in [-0.25, -0.2) is 4.98 Å². The average Bonchev–Trinajstić information content (AvgIpc) is 2.70. The van der Waals surface area contributed by atoms with E-state index in [2.05, 4.69) is 58.6 Å². The molecule has 1 atom stereocenters. The third-order valence-corrected chi connectivity index (χ3v) is 4.97. The summed E-state index contributed by atoms with van der Waals surface area (Å²) < 4.78 is 0. The Balaban J connectivity index is 1.65. The van der Waals surface area contributed by atoms with Crippen molar-refractivity contribution in [3.05, 3.63) is 111 Å². The monoisotopic (exact) mass is 389 g/mol. The van der Waals surface area contributed by atoms with E-state index in [0.29, 0.717) is 28.3 Å². The molecule has 0 saturated carbocycles. The number of nitrogens with one attached hydrogen (secondary N) is 2. The predicted octanol–water partition coefficient (Wildman–Crippen LogP) is 4.76. The summed E-state index contributed by atoms with van der Waals surface area (Å²) >= 11 is 6.06. The van der Waals surface area contributed by atoms with E-state index in [4.69, 9.17) is 11.6 Å². The topological polar surface area (TPSA) is 57.8 Å². The molecule has 0 aliphatic heterocycles. The van der Waals surface area contributed by atoms with Crippen LogP contribution in [0.25, 0.3) is 10.9 Å². The molecular weight excluding hydrogens is 370 g/mol. The van der Waals surface area contributed by atoms with Gasteiger partial charge in [0.1, 0.15) is 5.82 Å². The second-order valence-corrected chi connectivity index (χ2v) is 7.25. The summed E-state index contributed by atoms with van der Waals surface area (Å²) in [4.78, 5) is 19.8. The first-order chi connectivity index (χ1) is 13.6. The van der Waals surface area contributed by atoms with Gasteiger partial charge < -0.3 is 4.98 Å². The minimum atomic E-state index is -0.162. The molecule has 4 nitrogen and oxygen atoms in total. The number of H-pyrrole nitrogens is 1. The van der Waals surface area contributed by atoms with Crippen LogP contribution < -0.4 is 10.9 Å². The van der Waals surface area contributed by atoms with Gasteiger partial charge in [-0.2, -0.15) is 0 Å². The van der Waals surface area contributed by atoms with Gasteiger partial charge in [0.2, 0.25) is 0 Å².